The molecule has 2 aromatic carbocycles. The Morgan fingerprint density at radius 1 is 0.943 bits per heavy atom. The average molecular weight is 483 g/mol. The molecule has 3 N–H and O–H groups in total. The van der Waals surface area contributed by atoms with Crippen LogP contribution in [0.4, 0.5) is 9.18 Å². The molecule has 4 rings (SSSR count). The molecule has 1 aliphatic carbocycles. The van der Waals surface area contributed by atoms with Crippen molar-refractivity contribution in [3.05, 3.63) is 71.5 Å². The number of hydrogen-bond donors (Lipinski definition) is 2. The molecule has 8 nitrogen and oxygen atoms in total. The summed E-state index contributed by atoms with van der Waals surface area (Å²) in [5, 5.41) is 3.02. The van der Waals surface area contributed by atoms with E-state index in [1.807, 2.05) is 30.3 Å². The van der Waals surface area contributed by atoms with Gasteiger partial charge in [0.05, 0.1) is 0 Å². The van der Waals surface area contributed by atoms with Crippen molar-refractivity contribution in [1.29, 1.82) is 0 Å². The molecule has 3 amide bonds. The second kappa shape index (κ2) is 11.3. The van der Waals surface area contributed by atoms with Crippen LogP contribution in [0.1, 0.15) is 48.0 Å². The molecular weight excluding hydrogens is 451 g/mol. The van der Waals surface area contributed by atoms with Crippen LogP contribution in [0, 0.1) is 5.82 Å². The first-order chi connectivity index (χ1) is 16.9. The molecule has 0 aromatic heterocycles. The summed E-state index contributed by atoms with van der Waals surface area (Å²) < 4.78 is 18.9. The summed E-state index contributed by atoms with van der Waals surface area (Å²) in [6.07, 6.45) is 1.73. The van der Waals surface area contributed by atoms with Crippen molar-refractivity contribution in [3.8, 4) is 0 Å². The standard InChI is InChI=1S/C26H31FN4O4/c27-20-9-7-19(8-10-20)25(33)30-15-4-16-31(26(34)35-17-18-5-2-1-3-6-18)24(30)23(32)29-22-13-11-21(28)12-14-22/h1-3,5-10,21-22,24H,4,11-17,28H2,(H,29,32). The molecule has 2 aromatic rings. The van der Waals surface area contributed by atoms with Gasteiger partial charge in [-0.15, -0.1) is 0 Å². The predicted molar refractivity (Wildman–Crippen MR) is 128 cm³/mol. The fraction of sp³-hybridized carbons (Fsp3) is 0.423. The Balaban J connectivity index is 1.54. The first kappa shape index (κ1) is 24.7. The van der Waals surface area contributed by atoms with E-state index in [2.05, 4.69) is 5.32 Å². The molecule has 1 heterocycles. The second-order valence-electron chi connectivity index (χ2n) is 9.09. The minimum absolute atomic E-state index is 0.0525. The zero-order chi connectivity index (χ0) is 24.8. The number of nitrogens with one attached hydrogen (secondary N) is 1. The van der Waals surface area contributed by atoms with Gasteiger partial charge < -0.3 is 20.7 Å². The number of rotatable bonds is 5. The van der Waals surface area contributed by atoms with Crippen molar-refractivity contribution < 1.29 is 23.5 Å². The van der Waals surface area contributed by atoms with E-state index in [0.29, 0.717) is 6.42 Å². The van der Waals surface area contributed by atoms with E-state index in [1.165, 1.54) is 34.1 Å². The quantitative estimate of drug-likeness (QED) is 0.682. The highest BCUT2D eigenvalue weighted by Gasteiger charge is 2.42. The molecule has 1 unspecified atom stereocenters. The normalized spacial score (nSPS) is 22.4. The molecule has 1 aliphatic heterocycles. The smallest absolute Gasteiger partial charge is 0.412 e. The third-order valence-corrected chi connectivity index (χ3v) is 6.53. The molecule has 2 fully saturated rings. The highest BCUT2D eigenvalue weighted by molar-refractivity contribution is 5.98. The summed E-state index contributed by atoms with van der Waals surface area (Å²) in [4.78, 5) is 42.6. The van der Waals surface area contributed by atoms with Crippen molar-refractivity contribution in [2.24, 2.45) is 5.73 Å². The van der Waals surface area contributed by atoms with Crippen molar-refractivity contribution in [1.82, 2.24) is 15.1 Å². The van der Waals surface area contributed by atoms with Gasteiger partial charge in [-0.3, -0.25) is 14.5 Å². The van der Waals surface area contributed by atoms with E-state index < -0.39 is 29.9 Å². The zero-order valence-corrected chi connectivity index (χ0v) is 19.6. The van der Waals surface area contributed by atoms with Gasteiger partial charge >= 0.3 is 6.09 Å². The van der Waals surface area contributed by atoms with E-state index >= 15 is 0 Å². The van der Waals surface area contributed by atoms with Crippen molar-refractivity contribution in [2.45, 2.75) is 57.0 Å². The minimum atomic E-state index is -1.17. The van der Waals surface area contributed by atoms with Gasteiger partial charge in [0, 0.05) is 30.7 Å². The first-order valence-corrected chi connectivity index (χ1v) is 12.0. The minimum Gasteiger partial charge on any atom is -0.444 e. The predicted octanol–water partition coefficient (Wildman–Crippen LogP) is 3.02. The molecule has 2 aliphatic rings. The second-order valence-corrected chi connectivity index (χ2v) is 9.09. The lowest BCUT2D eigenvalue weighted by atomic mass is 9.91. The van der Waals surface area contributed by atoms with Crippen LogP contribution >= 0.6 is 0 Å². The molecule has 0 radical (unpaired) electrons. The van der Waals surface area contributed by atoms with E-state index in [-0.39, 0.29) is 37.3 Å². The maximum absolute atomic E-state index is 13.5. The Bertz CT molecular complexity index is 1030. The molecule has 1 saturated heterocycles. The van der Waals surface area contributed by atoms with Gasteiger partial charge in [-0.25, -0.2) is 9.18 Å². The van der Waals surface area contributed by atoms with Crippen molar-refractivity contribution >= 4 is 17.9 Å². The van der Waals surface area contributed by atoms with E-state index in [4.69, 9.17) is 10.5 Å². The van der Waals surface area contributed by atoms with Crippen LogP contribution in [0.5, 0.6) is 0 Å². The van der Waals surface area contributed by atoms with E-state index in [0.717, 1.165) is 31.2 Å². The monoisotopic (exact) mass is 482 g/mol. The van der Waals surface area contributed by atoms with Crippen LogP contribution < -0.4 is 11.1 Å². The Hall–Kier alpha value is -3.46. The summed E-state index contributed by atoms with van der Waals surface area (Å²) in [6.45, 7) is 0.609. The molecule has 9 heteroatoms. The van der Waals surface area contributed by atoms with E-state index in [1.54, 1.807) is 0 Å². The number of carbonyl (C=O) groups excluding carboxylic acids is 3. The Kier molecular flexibility index (Phi) is 7.97. The number of hydrogen-bond acceptors (Lipinski definition) is 5. The fourth-order valence-electron chi connectivity index (χ4n) is 4.61. The maximum atomic E-state index is 13.5. The van der Waals surface area contributed by atoms with Gasteiger partial charge in [-0.2, -0.15) is 0 Å². The van der Waals surface area contributed by atoms with Gasteiger partial charge in [0.1, 0.15) is 12.4 Å². The van der Waals surface area contributed by atoms with Crippen LogP contribution in [0.3, 0.4) is 0 Å². The Morgan fingerprint density at radius 2 is 1.60 bits per heavy atom. The number of carbonyl (C=O) groups is 3. The molecule has 35 heavy (non-hydrogen) atoms. The first-order valence-electron chi connectivity index (χ1n) is 12.0. The largest absolute Gasteiger partial charge is 0.444 e. The van der Waals surface area contributed by atoms with E-state index in [9.17, 15) is 18.8 Å². The van der Waals surface area contributed by atoms with Gasteiger partial charge in [0.15, 0.2) is 6.17 Å². The number of halogens is 1. The molecule has 1 saturated carbocycles. The van der Waals surface area contributed by atoms with Gasteiger partial charge in [-0.05, 0) is 61.9 Å². The summed E-state index contributed by atoms with van der Waals surface area (Å²) >= 11 is 0. The average Bonchev–Trinajstić information content (AvgIpc) is 2.88. The summed E-state index contributed by atoms with van der Waals surface area (Å²) in [5.74, 6) is -1.34. The molecule has 0 spiro atoms. The lowest BCUT2D eigenvalue weighted by Crippen LogP contribution is -2.64. The summed E-state index contributed by atoms with van der Waals surface area (Å²) in [6, 6.07) is 14.4. The van der Waals surface area contributed by atoms with Crippen molar-refractivity contribution in [2.75, 3.05) is 13.1 Å². The summed E-state index contributed by atoms with van der Waals surface area (Å²) in [7, 11) is 0. The molecule has 1 atom stereocenters. The molecule has 186 valence electrons. The molecular formula is C26H31FN4O4. The number of ether oxygens (including phenoxy) is 1. The van der Waals surface area contributed by atoms with Crippen LogP contribution in [0.15, 0.2) is 54.6 Å². The number of nitrogens with zero attached hydrogens (tertiary/aromatic N) is 2. The maximum Gasteiger partial charge on any atom is 0.412 e. The lowest BCUT2D eigenvalue weighted by Gasteiger charge is -2.42. The van der Waals surface area contributed by atoms with Gasteiger partial charge in [0.2, 0.25) is 0 Å². The van der Waals surface area contributed by atoms with Gasteiger partial charge in [0.25, 0.3) is 11.8 Å². The van der Waals surface area contributed by atoms with Crippen molar-refractivity contribution in [3.63, 3.8) is 0 Å². The zero-order valence-electron chi connectivity index (χ0n) is 19.6. The Morgan fingerprint density at radius 3 is 2.29 bits per heavy atom. The third-order valence-electron chi connectivity index (χ3n) is 6.53. The number of amides is 3. The van der Waals surface area contributed by atoms with Crippen LogP contribution in [-0.2, 0) is 16.1 Å². The lowest BCUT2D eigenvalue weighted by molar-refractivity contribution is -0.134. The van der Waals surface area contributed by atoms with Gasteiger partial charge in [-0.1, -0.05) is 30.3 Å². The molecule has 0 bridgehead atoms. The summed E-state index contributed by atoms with van der Waals surface area (Å²) in [5.41, 5.74) is 7.05. The topological polar surface area (TPSA) is 105 Å². The van der Waals surface area contributed by atoms with Crippen LogP contribution in [0.2, 0.25) is 0 Å². The Labute approximate surface area is 204 Å². The number of benzene rings is 2. The highest BCUT2D eigenvalue weighted by atomic mass is 19.1. The number of nitrogens with two attached hydrogens (primary N) is 1. The van der Waals surface area contributed by atoms with Crippen LogP contribution in [-0.4, -0.2) is 59.0 Å². The third kappa shape index (κ3) is 6.16. The highest BCUT2D eigenvalue weighted by Crippen LogP contribution is 2.22. The SMILES string of the molecule is NC1CCC(NC(=O)C2N(C(=O)OCc3ccccc3)CCCN2C(=O)c2ccc(F)cc2)CC1. The fourth-order valence-corrected chi connectivity index (χ4v) is 4.61. The van der Waals surface area contributed by atoms with Crippen LogP contribution in [0.25, 0.3) is 0 Å².